The van der Waals surface area contributed by atoms with Crippen LogP contribution in [-0.2, 0) is 100 Å². The number of nitrogens with one attached hydrogen (secondary N) is 5. The van der Waals surface area contributed by atoms with Gasteiger partial charge in [-0.05, 0) is 79.2 Å². The topological polar surface area (TPSA) is 423 Å². The van der Waals surface area contributed by atoms with Gasteiger partial charge < -0.3 is 73.1 Å². The van der Waals surface area contributed by atoms with Gasteiger partial charge in [-0.1, -0.05) is 44.2 Å². The first-order valence-corrected chi connectivity index (χ1v) is 35.5. The number of aromatic nitrogens is 6. The summed E-state index contributed by atoms with van der Waals surface area (Å²) >= 11 is 4.63. The molecular weight excluding hydrogens is 1360 g/mol. The number of amides is 7. The quantitative estimate of drug-likeness (QED) is 0.0166. The summed E-state index contributed by atoms with van der Waals surface area (Å²) in [4.78, 5) is 144. The zero-order chi connectivity index (χ0) is 70.8. The Hall–Kier alpha value is -7.99. The molecule has 0 spiro atoms. The average molecular weight is 1440 g/mol. The van der Waals surface area contributed by atoms with E-state index in [0.29, 0.717) is 68.8 Å². The second kappa shape index (κ2) is 38.6. The van der Waals surface area contributed by atoms with Gasteiger partial charge in [0.15, 0.2) is 23.5 Å². The molecule has 8 atom stereocenters. The maximum Gasteiger partial charge on any atom is 0.697 e. The molecule has 0 bridgehead atoms. The maximum atomic E-state index is 14.0. The number of aromatic amines is 1. The molecule has 34 nitrogen and oxygen atoms in total. The zero-order valence-corrected chi connectivity index (χ0v) is 57.4. The van der Waals surface area contributed by atoms with E-state index < -0.39 is 80.8 Å². The van der Waals surface area contributed by atoms with Gasteiger partial charge in [0.25, 0.3) is 23.3 Å². The molecule has 1 aliphatic carbocycles. The molecule has 2 unspecified atom stereocenters. The van der Waals surface area contributed by atoms with Crippen molar-refractivity contribution in [1.82, 2.24) is 49.9 Å². The van der Waals surface area contributed by atoms with Crippen molar-refractivity contribution in [1.29, 1.82) is 0 Å². The van der Waals surface area contributed by atoms with Gasteiger partial charge in [0.1, 0.15) is 37.7 Å². The Morgan fingerprint density at radius 2 is 1.49 bits per heavy atom. The first kappa shape index (κ1) is 76.8. The minimum absolute atomic E-state index is 0.00313. The van der Waals surface area contributed by atoms with Gasteiger partial charge in [-0.25, -0.2) is 19.7 Å². The molecule has 536 valence electrons. The highest BCUT2D eigenvalue weighted by atomic mass is 32.5. The lowest BCUT2D eigenvalue weighted by Gasteiger charge is -2.24. The molecule has 7 amide bonds. The molecule has 3 aromatic heterocycles. The van der Waals surface area contributed by atoms with Crippen LogP contribution in [0, 0.1) is 11.8 Å². The molecule has 99 heavy (non-hydrogen) atoms. The molecule has 0 radical (unpaired) electrons. The Bertz CT molecular complexity index is 3680. The Morgan fingerprint density at radius 1 is 0.818 bits per heavy atom. The molecule has 37 heteroatoms. The van der Waals surface area contributed by atoms with E-state index >= 15 is 0 Å². The van der Waals surface area contributed by atoms with Crippen molar-refractivity contribution in [2.45, 2.75) is 103 Å². The number of hydrogen-bond donors (Lipinski definition) is 7. The monoisotopic (exact) mass is 1440 g/mol. The van der Waals surface area contributed by atoms with Crippen LogP contribution < -0.4 is 31.6 Å². The van der Waals surface area contributed by atoms with Crippen LogP contribution in [0.1, 0.15) is 80.6 Å². The molecule has 7 N–H and O–H groups in total. The Balaban J connectivity index is 0.724. The van der Waals surface area contributed by atoms with E-state index in [4.69, 9.17) is 51.5 Å². The van der Waals surface area contributed by atoms with Gasteiger partial charge in [0.2, 0.25) is 29.5 Å². The number of H-pyrrole nitrogens is 1. The lowest BCUT2D eigenvalue weighted by atomic mass is 10.0. The number of carbonyl (C=O) groups is 7. The summed E-state index contributed by atoms with van der Waals surface area (Å²) in [5.74, 6) is -3.08. The lowest BCUT2D eigenvalue weighted by molar-refractivity contribution is -0.137. The second-order valence-corrected chi connectivity index (χ2v) is 26.8. The van der Waals surface area contributed by atoms with E-state index in [1.807, 2.05) is 0 Å². The number of imidazole rings is 1. The molecule has 2 aromatic carbocycles. The van der Waals surface area contributed by atoms with Crippen molar-refractivity contribution in [3.8, 4) is 5.88 Å². The highest BCUT2D eigenvalue weighted by molar-refractivity contribution is 8.06. The Morgan fingerprint density at radius 3 is 2.16 bits per heavy atom. The van der Waals surface area contributed by atoms with Crippen molar-refractivity contribution in [3.63, 3.8) is 0 Å². The normalized spacial score (nSPS) is 18.4. The van der Waals surface area contributed by atoms with Crippen molar-refractivity contribution in [2.24, 2.45) is 11.8 Å². The van der Waals surface area contributed by atoms with Gasteiger partial charge in [0.05, 0.1) is 91.7 Å². The van der Waals surface area contributed by atoms with Crippen LogP contribution in [-0.4, -0.2) is 214 Å². The minimum atomic E-state index is -4.11. The Labute approximate surface area is 574 Å². The zero-order valence-electron chi connectivity index (χ0n) is 54.8. The number of nitrogens with zero attached hydrogens (tertiary/aromatic N) is 7. The molecule has 2 aliphatic heterocycles. The first-order chi connectivity index (χ1) is 47.6. The van der Waals surface area contributed by atoms with E-state index in [9.17, 15) is 52.7 Å². The molecule has 3 aliphatic rings. The van der Waals surface area contributed by atoms with Gasteiger partial charge in [-0.3, -0.25) is 53.3 Å². The van der Waals surface area contributed by atoms with Crippen LogP contribution in [0.2, 0.25) is 0 Å². The fraction of sp³-hybridized carbons (Fsp3) is 0.516. The summed E-state index contributed by atoms with van der Waals surface area (Å²) < 4.78 is 76.4. The SMILES string of the molecule is CC(C)C(NC(=O)CCOCCOCCOCCOCCOCCN1C(=O)C=CC1=O)C(=O)N[C@@H](C)C(=O)Nc1ccc(COC(=O)N(C)Cc2ccccc2C(=O)Nc2nc3c(ncn3[C@@H]3O[C@H](COP(O)(O)=S)C[C@H]3O[P+](=O)OC[C@@H]3CC[C@H](Oc4ccncn4)C3)c(=O)[nH]2)cc1. The van der Waals surface area contributed by atoms with E-state index in [0.717, 1.165) is 17.7 Å². The van der Waals surface area contributed by atoms with Crippen LogP contribution >= 0.6 is 15.0 Å². The molecule has 1 saturated heterocycles. The maximum absolute atomic E-state index is 14.0. The van der Waals surface area contributed by atoms with Crippen molar-refractivity contribution in [3.05, 3.63) is 113 Å². The van der Waals surface area contributed by atoms with Crippen LogP contribution in [0.5, 0.6) is 5.88 Å². The van der Waals surface area contributed by atoms with Crippen LogP contribution in [0.25, 0.3) is 11.2 Å². The predicted octanol–water partition coefficient (Wildman–Crippen LogP) is 3.73. The first-order valence-electron chi connectivity index (χ1n) is 31.8. The summed E-state index contributed by atoms with van der Waals surface area (Å²) in [6, 6.07) is 12.6. The highest BCUT2D eigenvalue weighted by Gasteiger charge is 2.45. The third kappa shape index (κ3) is 24.7. The number of anilines is 2. The van der Waals surface area contributed by atoms with Crippen LogP contribution in [0.3, 0.4) is 0 Å². The summed E-state index contributed by atoms with van der Waals surface area (Å²) in [6.45, 7) is 3.33. The van der Waals surface area contributed by atoms with E-state index in [2.05, 4.69) is 58.0 Å². The van der Waals surface area contributed by atoms with Gasteiger partial charge in [0, 0.05) is 66.7 Å². The highest BCUT2D eigenvalue weighted by Crippen LogP contribution is 2.43. The summed E-state index contributed by atoms with van der Waals surface area (Å²) in [5.41, 5.74) is 0.511. The van der Waals surface area contributed by atoms with Gasteiger partial charge in [-0.2, -0.15) is 4.98 Å². The van der Waals surface area contributed by atoms with E-state index in [1.54, 1.807) is 68.6 Å². The average Bonchev–Trinajstić information content (AvgIpc) is 1.62. The van der Waals surface area contributed by atoms with Gasteiger partial charge in [-0.15, -0.1) is 9.05 Å². The Kier molecular flexibility index (Phi) is 29.9. The smallest absolute Gasteiger partial charge is 0.474 e. The lowest BCUT2D eigenvalue weighted by Crippen LogP contribution is -2.53. The van der Waals surface area contributed by atoms with E-state index in [-0.39, 0.29) is 125 Å². The third-order valence-corrected chi connectivity index (χ3v) is 17.0. The molecule has 2 fully saturated rings. The van der Waals surface area contributed by atoms with Crippen molar-refractivity contribution in [2.75, 3.05) is 104 Å². The third-order valence-electron chi connectivity index (χ3n) is 15.4. The predicted molar refractivity (Wildman–Crippen MR) is 354 cm³/mol. The molecular formula is C62H81N12O22P2S+. The summed E-state index contributed by atoms with van der Waals surface area (Å²) in [6.07, 6.45) is 4.77. The van der Waals surface area contributed by atoms with Crippen LogP contribution in [0.4, 0.5) is 16.4 Å². The number of hydrogen-bond acceptors (Lipinski definition) is 25. The largest absolute Gasteiger partial charge is 0.697 e. The fourth-order valence-corrected chi connectivity index (χ4v) is 11.6. The van der Waals surface area contributed by atoms with Crippen molar-refractivity contribution >= 4 is 91.1 Å². The number of imide groups is 1. The number of rotatable bonds is 41. The standard InChI is InChI=1S/C62H80N12O22P2S/c1-39(2)53(68-49(75)18-21-86-23-25-88-27-29-90-30-28-89-26-24-87-22-20-73-51(76)15-16-52(73)77)58(80)66-40(3)56(78)67-44-12-9-41(10-13-44)34-91-62(82)72(4)33-43-7-5-6-8-47(43)57(79)70-61-69-55-54(59(81)71-61)65-38-74(55)60-48(32-46(95-60)36-93-98(84,85)99)96-97(83)92-35-42-11-14-45(31-42)94-50-17-19-63-37-64-50/h5-10,12-13,15-17,19,37-40,42,45-46,48,53,60H,11,14,18,20-36H2,1-4H3,(H6-,66,67,68,69,70,71,75,78,79,80,81,84,85,99)/p+1/t40-,42+,45-,46-,48+,53?,60+/m0/s1. The molecule has 8 rings (SSSR count). The fourth-order valence-electron chi connectivity index (χ4n) is 10.3. The van der Waals surface area contributed by atoms with E-state index in [1.165, 1.54) is 54.3 Å². The summed E-state index contributed by atoms with van der Waals surface area (Å²) in [5, 5.41) is 10.7. The van der Waals surface area contributed by atoms with Crippen LogP contribution in [0.15, 0.2) is 90.4 Å². The number of benzene rings is 2. The number of fused-ring (bicyclic) bond motifs is 1. The van der Waals surface area contributed by atoms with Gasteiger partial charge >= 0.3 is 21.1 Å². The molecule has 5 aromatic rings. The number of ether oxygens (including phenoxy) is 8. The van der Waals surface area contributed by atoms with Crippen molar-refractivity contribution < 1.29 is 99.4 Å². The molecule has 5 heterocycles. The second-order valence-electron chi connectivity index (χ2n) is 23.2. The molecule has 1 saturated carbocycles. The minimum Gasteiger partial charge on any atom is -0.474 e. The number of carbonyl (C=O) groups excluding carboxylic acids is 7. The summed E-state index contributed by atoms with van der Waals surface area (Å²) in [7, 11) is -1.28.